The predicted molar refractivity (Wildman–Crippen MR) is 82.4 cm³/mol. The summed E-state index contributed by atoms with van der Waals surface area (Å²) >= 11 is 0. The van der Waals surface area contributed by atoms with Crippen LogP contribution in [0.5, 0.6) is 0 Å². The maximum Gasteiger partial charge on any atom is 0.162 e. The van der Waals surface area contributed by atoms with E-state index in [4.69, 9.17) is 0 Å². The van der Waals surface area contributed by atoms with Crippen molar-refractivity contribution in [2.24, 2.45) is 11.8 Å². The van der Waals surface area contributed by atoms with Crippen LogP contribution in [0.15, 0.2) is 12.1 Å². The van der Waals surface area contributed by atoms with E-state index in [0.29, 0.717) is 11.1 Å². The summed E-state index contributed by atoms with van der Waals surface area (Å²) in [7, 11) is 0. The van der Waals surface area contributed by atoms with Crippen LogP contribution in [0.2, 0.25) is 0 Å². The maximum atomic E-state index is 14.1. The second-order valence-electron chi connectivity index (χ2n) is 7.20. The average molecular weight is 292 g/mol. The quantitative estimate of drug-likeness (QED) is 0.629. The van der Waals surface area contributed by atoms with Crippen molar-refractivity contribution >= 4 is 0 Å². The van der Waals surface area contributed by atoms with E-state index in [2.05, 4.69) is 0 Å². The van der Waals surface area contributed by atoms with Gasteiger partial charge in [0.2, 0.25) is 0 Å². The topological polar surface area (TPSA) is 0 Å². The average Bonchev–Trinajstić information content (AvgIpc) is 2.99. The highest BCUT2D eigenvalue weighted by atomic mass is 19.2. The molecule has 0 unspecified atom stereocenters. The maximum absolute atomic E-state index is 14.1. The van der Waals surface area contributed by atoms with Crippen LogP contribution in [0.4, 0.5) is 8.78 Å². The first kappa shape index (κ1) is 15.0. The van der Waals surface area contributed by atoms with Crippen LogP contribution in [0.25, 0.3) is 0 Å². The molecule has 1 aromatic rings. The molecule has 116 valence electrons. The summed E-state index contributed by atoms with van der Waals surface area (Å²) < 4.78 is 27.8. The van der Waals surface area contributed by atoms with Gasteiger partial charge in [0, 0.05) is 0 Å². The number of aryl methyl sites for hydroxylation is 1. The van der Waals surface area contributed by atoms with Crippen molar-refractivity contribution in [3.05, 3.63) is 34.9 Å². The van der Waals surface area contributed by atoms with E-state index in [1.807, 2.05) is 0 Å². The number of halogens is 2. The number of benzene rings is 1. The third-order valence-electron chi connectivity index (χ3n) is 5.73. The molecule has 0 saturated heterocycles. The lowest BCUT2D eigenvalue weighted by atomic mass is 9.75. The van der Waals surface area contributed by atoms with Crippen LogP contribution in [0.1, 0.15) is 74.8 Å². The lowest BCUT2D eigenvalue weighted by Gasteiger charge is -2.30. The Morgan fingerprint density at radius 1 is 0.857 bits per heavy atom. The fourth-order valence-corrected chi connectivity index (χ4v) is 4.40. The van der Waals surface area contributed by atoms with Gasteiger partial charge in [-0.3, -0.25) is 0 Å². The van der Waals surface area contributed by atoms with Crippen molar-refractivity contribution < 1.29 is 8.78 Å². The zero-order valence-electron chi connectivity index (χ0n) is 13.0. The van der Waals surface area contributed by atoms with Crippen molar-refractivity contribution in [1.82, 2.24) is 0 Å². The molecule has 0 spiro atoms. The SMILES string of the molecule is Cc1ccc(C2CCC(CC3CCCC3)CC2)c(F)c1F. The minimum atomic E-state index is -0.652. The van der Waals surface area contributed by atoms with Crippen molar-refractivity contribution in [1.29, 1.82) is 0 Å². The highest BCUT2D eigenvalue weighted by molar-refractivity contribution is 5.28. The third kappa shape index (κ3) is 3.30. The molecule has 2 aliphatic rings. The fourth-order valence-electron chi connectivity index (χ4n) is 4.40. The Hall–Kier alpha value is -0.920. The molecule has 0 heterocycles. The minimum absolute atomic E-state index is 0.222. The van der Waals surface area contributed by atoms with E-state index in [9.17, 15) is 8.78 Å². The molecule has 0 nitrogen and oxygen atoms in total. The van der Waals surface area contributed by atoms with Crippen LogP contribution in [-0.2, 0) is 0 Å². The highest BCUT2D eigenvalue weighted by Gasteiger charge is 2.28. The summed E-state index contributed by atoms with van der Waals surface area (Å²) in [4.78, 5) is 0. The molecule has 21 heavy (non-hydrogen) atoms. The van der Waals surface area contributed by atoms with Crippen molar-refractivity contribution in [2.75, 3.05) is 0 Å². The lowest BCUT2D eigenvalue weighted by molar-refractivity contribution is 0.267. The van der Waals surface area contributed by atoms with Crippen LogP contribution < -0.4 is 0 Å². The summed E-state index contributed by atoms with van der Waals surface area (Å²) in [6.07, 6.45) is 11.5. The largest absolute Gasteiger partial charge is 0.203 e. The fraction of sp³-hybridized carbons (Fsp3) is 0.684. The molecule has 0 aromatic heterocycles. The van der Waals surface area contributed by atoms with Gasteiger partial charge in [0.25, 0.3) is 0 Å². The predicted octanol–water partition coefficient (Wildman–Crippen LogP) is 6.13. The Kier molecular flexibility index (Phi) is 4.61. The standard InChI is InChI=1S/C19H26F2/c1-13-6-11-17(19(21)18(13)20)16-9-7-15(8-10-16)12-14-4-2-3-5-14/h6,11,14-16H,2-5,7-10,12H2,1H3. The van der Waals surface area contributed by atoms with E-state index in [0.717, 1.165) is 24.7 Å². The van der Waals surface area contributed by atoms with E-state index >= 15 is 0 Å². The Balaban J connectivity index is 1.59. The second-order valence-corrected chi connectivity index (χ2v) is 7.20. The van der Waals surface area contributed by atoms with Gasteiger partial charge in [-0.15, -0.1) is 0 Å². The third-order valence-corrected chi connectivity index (χ3v) is 5.73. The first-order valence-electron chi connectivity index (χ1n) is 8.59. The van der Waals surface area contributed by atoms with Crippen LogP contribution >= 0.6 is 0 Å². The molecular formula is C19H26F2. The molecule has 0 N–H and O–H groups in total. The molecule has 0 bridgehead atoms. The van der Waals surface area contributed by atoms with Gasteiger partial charge in [-0.2, -0.15) is 0 Å². The van der Waals surface area contributed by atoms with Gasteiger partial charge in [0.05, 0.1) is 0 Å². The van der Waals surface area contributed by atoms with Gasteiger partial charge in [0.1, 0.15) is 0 Å². The van der Waals surface area contributed by atoms with Crippen LogP contribution in [0.3, 0.4) is 0 Å². The second kappa shape index (κ2) is 6.46. The Bertz CT molecular complexity index is 481. The Labute approximate surface area is 126 Å². The Morgan fingerprint density at radius 3 is 2.14 bits per heavy atom. The van der Waals surface area contributed by atoms with Crippen LogP contribution in [-0.4, -0.2) is 0 Å². The molecule has 2 aliphatic carbocycles. The number of hydrogen-bond donors (Lipinski definition) is 0. The van der Waals surface area contributed by atoms with Gasteiger partial charge in [-0.25, -0.2) is 8.78 Å². The van der Waals surface area contributed by atoms with Crippen molar-refractivity contribution in [3.63, 3.8) is 0 Å². The number of hydrogen-bond acceptors (Lipinski definition) is 0. The van der Waals surface area contributed by atoms with Gasteiger partial charge >= 0.3 is 0 Å². The normalized spacial score (nSPS) is 27.2. The summed E-state index contributed by atoms with van der Waals surface area (Å²) in [6.45, 7) is 1.63. The number of rotatable bonds is 3. The lowest BCUT2D eigenvalue weighted by Crippen LogP contribution is -2.17. The monoisotopic (exact) mass is 292 g/mol. The highest BCUT2D eigenvalue weighted by Crippen LogP contribution is 2.41. The van der Waals surface area contributed by atoms with E-state index < -0.39 is 11.6 Å². The molecule has 2 fully saturated rings. The molecule has 1 aromatic carbocycles. The van der Waals surface area contributed by atoms with Gasteiger partial charge < -0.3 is 0 Å². The molecule has 0 atom stereocenters. The molecule has 0 amide bonds. The zero-order valence-corrected chi connectivity index (χ0v) is 13.0. The van der Waals surface area contributed by atoms with E-state index in [-0.39, 0.29) is 5.92 Å². The molecule has 0 aliphatic heterocycles. The first-order valence-corrected chi connectivity index (χ1v) is 8.59. The molecule has 2 saturated carbocycles. The molecular weight excluding hydrogens is 266 g/mol. The Morgan fingerprint density at radius 2 is 1.48 bits per heavy atom. The summed E-state index contributed by atoms with van der Waals surface area (Å²) in [5.74, 6) is 0.734. The first-order chi connectivity index (χ1) is 10.1. The summed E-state index contributed by atoms with van der Waals surface area (Å²) in [5, 5.41) is 0. The summed E-state index contributed by atoms with van der Waals surface area (Å²) in [6, 6.07) is 3.52. The smallest absolute Gasteiger partial charge is 0.162 e. The van der Waals surface area contributed by atoms with Gasteiger partial charge in [-0.05, 0) is 67.9 Å². The molecule has 2 heteroatoms. The van der Waals surface area contributed by atoms with E-state index in [1.54, 1.807) is 19.1 Å². The van der Waals surface area contributed by atoms with Gasteiger partial charge in [-0.1, -0.05) is 37.8 Å². The van der Waals surface area contributed by atoms with Crippen LogP contribution in [0, 0.1) is 30.4 Å². The summed E-state index contributed by atoms with van der Waals surface area (Å²) in [5.41, 5.74) is 1.02. The minimum Gasteiger partial charge on any atom is -0.203 e. The molecule has 3 rings (SSSR count). The molecule has 0 radical (unpaired) electrons. The van der Waals surface area contributed by atoms with E-state index in [1.165, 1.54) is 44.9 Å². The van der Waals surface area contributed by atoms with Crippen molar-refractivity contribution in [3.8, 4) is 0 Å². The van der Waals surface area contributed by atoms with Gasteiger partial charge in [0.15, 0.2) is 11.6 Å². The van der Waals surface area contributed by atoms with Crippen molar-refractivity contribution in [2.45, 2.75) is 70.6 Å². The zero-order chi connectivity index (χ0) is 14.8.